The van der Waals surface area contributed by atoms with Crippen molar-refractivity contribution >= 4 is 53.3 Å². The Morgan fingerprint density at radius 3 is 1.84 bits per heavy atom. The highest BCUT2D eigenvalue weighted by atomic mass is 32.1. The molecular weight excluding hydrogens is 406 g/mol. The summed E-state index contributed by atoms with van der Waals surface area (Å²) in [5.74, 6) is 0. The van der Waals surface area contributed by atoms with Gasteiger partial charge in [-0.15, -0.1) is 11.3 Å². The van der Waals surface area contributed by atoms with Gasteiger partial charge < -0.3 is 4.57 Å². The molecule has 150 valence electrons. The lowest BCUT2D eigenvalue weighted by molar-refractivity contribution is 1.18. The molecule has 0 aliphatic heterocycles. The van der Waals surface area contributed by atoms with E-state index in [9.17, 15) is 0 Å². The summed E-state index contributed by atoms with van der Waals surface area (Å²) in [4.78, 5) is 0. The van der Waals surface area contributed by atoms with E-state index in [1.807, 2.05) is 11.3 Å². The van der Waals surface area contributed by atoms with E-state index in [4.69, 9.17) is 0 Å². The first-order valence-corrected chi connectivity index (χ1v) is 11.7. The monoisotopic (exact) mass is 425 g/mol. The summed E-state index contributed by atoms with van der Waals surface area (Å²) in [5.41, 5.74) is 6.16. The van der Waals surface area contributed by atoms with Crippen LogP contribution in [0.3, 0.4) is 0 Å². The third-order valence-corrected chi connectivity index (χ3v) is 7.55. The molecule has 2 heteroatoms. The molecule has 0 saturated carbocycles. The highest BCUT2D eigenvalue weighted by Crippen LogP contribution is 2.37. The van der Waals surface area contributed by atoms with Gasteiger partial charge in [0.25, 0.3) is 0 Å². The number of aromatic nitrogens is 1. The lowest BCUT2D eigenvalue weighted by atomic mass is 10.0. The third kappa shape index (κ3) is 2.57. The molecule has 0 bridgehead atoms. The average Bonchev–Trinajstić information content (AvgIpc) is 3.39. The number of nitrogens with zero attached hydrogens (tertiary/aromatic N) is 1. The molecule has 1 nitrogen and oxygen atoms in total. The molecule has 0 N–H and O–H groups in total. The topological polar surface area (TPSA) is 4.93 Å². The molecule has 0 fully saturated rings. The second-order valence-electron chi connectivity index (χ2n) is 8.23. The molecule has 0 radical (unpaired) electrons. The zero-order valence-electron chi connectivity index (χ0n) is 17.3. The van der Waals surface area contributed by atoms with Crippen molar-refractivity contribution in [1.82, 2.24) is 4.57 Å². The Morgan fingerprint density at radius 1 is 0.438 bits per heavy atom. The maximum absolute atomic E-state index is 2.38. The molecule has 0 amide bonds. The second-order valence-corrected chi connectivity index (χ2v) is 9.31. The van der Waals surface area contributed by atoms with Crippen molar-refractivity contribution in [3.63, 3.8) is 0 Å². The minimum absolute atomic E-state index is 1.19. The van der Waals surface area contributed by atoms with Crippen molar-refractivity contribution in [3.05, 3.63) is 115 Å². The molecule has 5 aromatic carbocycles. The first-order valence-electron chi connectivity index (χ1n) is 10.9. The molecule has 0 atom stereocenters. The molecule has 0 aliphatic rings. The quantitative estimate of drug-likeness (QED) is 0.261. The molecule has 7 aromatic rings. The van der Waals surface area contributed by atoms with Crippen LogP contribution < -0.4 is 0 Å². The van der Waals surface area contributed by atoms with Crippen LogP contribution in [0.15, 0.2) is 115 Å². The fraction of sp³-hybridized carbons (Fsp3) is 0. The van der Waals surface area contributed by atoms with Crippen LogP contribution in [0.1, 0.15) is 0 Å². The lowest BCUT2D eigenvalue weighted by Gasteiger charge is -2.10. The van der Waals surface area contributed by atoms with Crippen molar-refractivity contribution < 1.29 is 0 Å². The van der Waals surface area contributed by atoms with Gasteiger partial charge in [-0.05, 0) is 53.6 Å². The van der Waals surface area contributed by atoms with Crippen LogP contribution in [0.25, 0.3) is 58.8 Å². The Bertz CT molecular complexity index is 1730. The fourth-order valence-corrected chi connectivity index (χ4v) is 6.02. The van der Waals surface area contributed by atoms with Crippen molar-refractivity contribution in [2.75, 3.05) is 0 Å². The summed E-state index contributed by atoms with van der Waals surface area (Å²) in [5, 5.41) is 5.26. The van der Waals surface area contributed by atoms with E-state index in [1.54, 1.807) is 0 Å². The SMILES string of the molecule is c1cc(-c2ccc3sc4ccccc4c3c2)cc(-n2c3ccccc3c3ccccc32)c1. The smallest absolute Gasteiger partial charge is 0.0541 e. The third-order valence-electron chi connectivity index (χ3n) is 6.39. The maximum Gasteiger partial charge on any atom is 0.0541 e. The largest absolute Gasteiger partial charge is 0.309 e. The number of benzene rings is 5. The highest BCUT2D eigenvalue weighted by molar-refractivity contribution is 7.25. The van der Waals surface area contributed by atoms with E-state index < -0.39 is 0 Å². The predicted molar refractivity (Wildman–Crippen MR) is 139 cm³/mol. The average molecular weight is 426 g/mol. The van der Waals surface area contributed by atoms with Crippen molar-refractivity contribution in [2.45, 2.75) is 0 Å². The van der Waals surface area contributed by atoms with Crippen molar-refractivity contribution in [1.29, 1.82) is 0 Å². The van der Waals surface area contributed by atoms with Crippen LogP contribution in [-0.4, -0.2) is 4.57 Å². The number of para-hydroxylation sites is 2. The van der Waals surface area contributed by atoms with E-state index in [0.717, 1.165) is 0 Å². The van der Waals surface area contributed by atoms with Crippen LogP contribution in [0.5, 0.6) is 0 Å². The van der Waals surface area contributed by atoms with E-state index in [0.29, 0.717) is 0 Å². The van der Waals surface area contributed by atoms with Crippen LogP contribution in [0, 0.1) is 0 Å². The standard InChI is InChI=1S/C30H19NS/c1-4-13-27-23(10-1)24-11-2-5-14-28(24)31(27)22-9-7-8-20(18-22)21-16-17-30-26(19-21)25-12-3-6-15-29(25)32-30/h1-19H. The summed E-state index contributed by atoms with van der Waals surface area (Å²) in [7, 11) is 0. The Kier molecular flexibility index (Phi) is 3.78. The molecule has 0 spiro atoms. The van der Waals surface area contributed by atoms with E-state index in [1.165, 1.54) is 58.8 Å². The lowest BCUT2D eigenvalue weighted by Crippen LogP contribution is -1.94. The van der Waals surface area contributed by atoms with Gasteiger partial charge in [0.05, 0.1) is 11.0 Å². The molecule has 0 unspecified atom stereocenters. The molecule has 2 heterocycles. The Morgan fingerprint density at radius 2 is 1.06 bits per heavy atom. The van der Waals surface area contributed by atoms with Gasteiger partial charge in [0.15, 0.2) is 0 Å². The van der Waals surface area contributed by atoms with Crippen LogP contribution in [0.2, 0.25) is 0 Å². The van der Waals surface area contributed by atoms with Crippen molar-refractivity contribution in [2.24, 2.45) is 0 Å². The van der Waals surface area contributed by atoms with Gasteiger partial charge in [-0.3, -0.25) is 0 Å². The summed E-state index contributed by atoms with van der Waals surface area (Å²) >= 11 is 1.87. The maximum atomic E-state index is 2.38. The zero-order chi connectivity index (χ0) is 21.1. The number of hydrogen-bond acceptors (Lipinski definition) is 1. The molecule has 0 saturated heterocycles. The van der Waals surface area contributed by atoms with E-state index in [2.05, 4.69) is 120 Å². The van der Waals surface area contributed by atoms with Crippen molar-refractivity contribution in [3.8, 4) is 16.8 Å². The first-order chi connectivity index (χ1) is 15.9. The highest BCUT2D eigenvalue weighted by Gasteiger charge is 2.12. The van der Waals surface area contributed by atoms with E-state index in [-0.39, 0.29) is 0 Å². The minimum Gasteiger partial charge on any atom is -0.309 e. The molecule has 7 rings (SSSR count). The first kappa shape index (κ1) is 17.8. The minimum atomic E-state index is 1.19. The van der Waals surface area contributed by atoms with Gasteiger partial charge >= 0.3 is 0 Å². The van der Waals surface area contributed by atoms with Gasteiger partial charge in [0, 0.05) is 36.6 Å². The Balaban J connectivity index is 1.45. The normalized spacial score (nSPS) is 11.8. The number of hydrogen-bond donors (Lipinski definition) is 0. The summed E-state index contributed by atoms with van der Waals surface area (Å²) < 4.78 is 5.07. The zero-order valence-corrected chi connectivity index (χ0v) is 18.1. The second kappa shape index (κ2) is 6.81. The van der Waals surface area contributed by atoms with Crippen LogP contribution in [0.4, 0.5) is 0 Å². The molecular formula is C30H19NS. The van der Waals surface area contributed by atoms with Crippen LogP contribution >= 0.6 is 11.3 Å². The Labute approximate surface area is 189 Å². The number of rotatable bonds is 2. The Hall–Kier alpha value is -3.88. The molecule has 32 heavy (non-hydrogen) atoms. The number of fused-ring (bicyclic) bond motifs is 6. The summed E-state index contributed by atoms with van der Waals surface area (Å²) in [6, 6.07) is 41.8. The molecule has 2 aromatic heterocycles. The van der Waals surface area contributed by atoms with Gasteiger partial charge in [-0.25, -0.2) is 0 Å². The van der Waals surface area contributed by atoms with E-state index >= 15 is 0 Å². The number of thiophene rings is 1. The molecule has 0 aliphatic carbocycles. The fourth-order valence-electron chi connectivity index (χ4n) is 4.93. The van der Waals surface area contributed by atoms with Gasteiger partial charge in [-0.1, -0.05) is 72.8 Å². The van der Waals surface area contributed by atoms with Gasteiger partial charge in [0.2, 0.25) is 0 Å². The summed E-state index contributed by atoms with van der Waals surface area (Å²) in [6.07, 6.45) is 0. The van der Waals surface area contributed by atoms with Gasteiger partial charge in [0.1, 0.15) is 0 Å². The predicted octanol–water partition coefficient (Wildman–Crippen LogP) is 8.82. The van der Waals surface area contributed by atoms with Gasteiger partial charge in [-0.2, -0.15) is 0 Å². The van der Waals surface area contributed by atoms with Crippen LogP contribution in [-0.2, 0) is 0 Å². The summed E-state index contributed by atoms with van der Waals surface area (Å²) in [6.45, 7) is 0.